The van der Waals surface area contributed by atoms with E-state index in [4.69, 9.17) is 14.6 Å². The molecule has 1 N–H and O–H groups in total. The van der Waals surface area contributed by atoms with Crippen molar-refractivity contribution in [2.75, 3.05) is 20.3 Å². The Morgan fingerprint density at radius 2 is 1.74 bits per heavy atom. The topological polar surface area (TPSA) is 93.1 Å². The van der Waals surface area contributed by atoms with E-state index in [1.54, 1.807) is 7.11 Å². The molecule has 7 nitrogen and oxygen atoms in total. The molecule has 0 spiro atoms. The van der Waals surface area contributed by atoms with Gasteiger partial charge < -0.3 is 19.5 Å². The van der Waals surface area contributed by atoms with Crippen LogP contribution in [-0.4, -0.2) is 60.6 Å². The summed E-state index contributed by atoms with van der Waals surface area (Å²) in [6.07, 6.45) is 9.89. The monoisotopic (exact) mass is 433 g/mol. The summed E-state index contributed by atoms with van der Waals surface area (Å²) in [5.74, 6) is -0.253. The average Bonchev–Trinajstić information content (AvgIpc) is 2.82. The number of amides is 1. The number of nitrogens with zero attached hydrogens (tertiary/aromatic N) is 1. The summed E-state index contributed by atoms with van der Waals surface area (Å²) in [6.45, 7) is 0.730. The fourth-order valence-electron chi connectivity index (χ4n) is 3.93. The highest BCUT2D eigenvalue weighted by atomic mass is 16.5. The first-order valence-electron chi connectivity index (χ1n) is 11.3. The number of rotatable bonds is 7. The van der Waals surface area contributed by atoms with E-state index in [0.29, 0.717) is 26.0 Å². The molecule has 1 amide bonds. The molecule has 1 unspecified atom stereocenters. The second-order valence-corrected chi connectivity index (χ2v) is 8.07. The minimum absolute atomic E-state index is 0.0359. The van der Waals surface area contributed by atoms with Gasteiger partial charge >= 0.3 is 5.97 Å². The molecule has 31 heavy (non-hydrogen) atoms. The molecule has 2 fully saturated rings. The van der Waals surface area contributed by atoms with Gasteiger partial charge in [0.1, 0.15) is 11.8 Å². The van der Waals surface area contributed by atoms with Gasteiger partial charge in [-0.25, -0.2) is 4.79 Å². The van der Waals surface area contributed by atoms with E-state index in [1.807, 2.05) is 24.3 Å². The van der Waals surface area contributed by atoms with Crippen molar-refractivity contribution < 1.29 is 29.0 Å². The number of hydrogen-bond acceptors (Lipinski definition) is 6. The van der Waals surface area contributed by atoms with Gasteiger partial charge in [0.25, 0.3) is 5.91 Å². The molecule has 0 aromatic heterocycles. The molecule has 1 aliphatic heterocycles. The molecule has 1 saturated heterocycles. The van der Waals surface area contributed by atoms with Crippen LogP contribution in [0.1, 0.15) is 63.4 Å². The van der Waals surface area contributed by atoms with E-state index in [1.165, 1.54) is 24.2 Å². The first-order chi connectivity index (χ1) is 15.0. The van der Waals surface area contributed by atoms with Crippen molar-refractivity contribution >= 4 is 18.2 Å². The Balaban J connectivity index is 0.000000412. The minimum atomic E-state index is -0.644. The third-order valence-corrected chi connectivity index (χ3v) is 5.75. The van der Waals surface area contributed by atoms with Crippen LogP contribution in [0.2, 0.25) is 0 Å². The summed E-state index contributed by atoms with van der Waals surface area (Å²) in [5.41, 5.74) is 1.14. The van der Waals surface area contributed by atoms with Gasteiger partial charge in [-0.2, -0.15) is 0 Å². The Hall–Kier alpha value is -2.41. The molecule has 1 aromatic carbocycles. The lowest BCUT2D eigenvalue weighted by molar-refractivity contribution is -0.157. The van der Waals surface area contributed by atoms with E-state index in [2.05, 4.69) is 0 Å². The third-order valence-electron chi connectivity index (χ3n) is 5.75. The predicted octanol–water partition coefficient (Wildman–Crippen LogP) is 3.06. The molecule has 0 bridgehead atoms. The van der Waals surface area contributed by atoms with Crippen molar-refractivity contribution in [2.45, 2.75) is 76.4 Å². The van der Waals surface area contributed by atoms with Crippen LogP contribution in [0.3, 0.4) is 0 Å². The van der Waals surface area contributed by atoms with Crippen LogP contribution in [0.5, 0.6) is 5.75 Å². The molecule has 0 radical (unpaired) electrons. The van der Waals surface area contributed by atoms with E-state index in [9.17, 15) is 14.4 Å². The Morgan fingerprint density at radius 1 is 1.06 bits per heavy atom. The summed E-state index contributed by atoms with van der Waals surface area (Å²) in [4.78, 5) is 35.8. The van der Waals surface area contributed by atoms with Gasteiger partial charge in [0.05, 0.1) is 19.8 Å². The van der Waals surface area contributed by atoms with Crippen LogP contribution in [0.25, 0.3) is 0 Å². The Labute approximate surface area is 184 Å². The largest absolute Gasteiger partial charge is 0.497 e. The fourth-order valence-corrected chi connectivity index (χ4v) is 3.93. The van der Waals surface area contributed by atoms with Gasteiger partial charge in [-0.3, -0.25) is 9.59 Å². The van der Waals surface area contributed by atoms with Gasteiger partial charge in [-0.1, -0.05) is 31.4 Å². The second kappa shape index (κ2) is 13.8. The number of piperidine rings is 1. The number of ether oxygens (including phenoxy) is 2. The van der Waals surface area contributed by atoms with Crippen molar-refractivity contribution in [1.29, 1.82) is 0 Å². The zero-order valence-electron chi connectivity index (χ0n) is 18.5. The SMILES string of the molecule is COc1ccc(CCCOC(=O)C2CCCCN2C(=O)C=O)cc1.OC1CCCCC1. The zero-order chi connectivity index (χ0) is 22.5. The first kappa shape index (κ1) is 24.9. The molecule has 1 aromatic rings. The number of carbonyl (C=O) groups excluding carboxylic acids is 3. The highest BCUT2D eigenvalue weighted by molar-refractivity contribution is 6.24. The molecule has 1 aliphatic carbocycles. The molecule has 1 saturated carbocycles. The van der Waals surface area contributed by atoms with Crippen molar-refractivity contribution in [2.24, 2.45) is 0 Å². The molecule has 7 heteroatoms. The number of likely N-dealkylation sites (tertiary alicyclic amines) is 1. The Morgan fingerprint density at radius 3 is 2.32 bits per heavy atom. The summed E-state index contributed by atoms with van der Waals surface area (Å²) in [5, 5.41) is 8.91. The number of hydrogen-bond donors (Lipinski definition) is 1. The van der Waals surface area contributed by atoms with Crippen LogP contribution in [0.15, 0.2) is 24.3 Å². The van der Waals surface area contributed by atoms with Crippen molar-refractivity contribution in [3.05, 3.63) is 29.8 Å². The van der Waals surface area contributed by atoms with E-state index >= 15 is 0 Å². The molecule has 2 aliphatic rings. The fraction of sp³-hybridized carbons (Fsp3) is 0.625. The van der Waals surface area contributed by atoms with Crippen molar-refractivity contribution in [3.63, 3.8) is 0 Å². The van der Waals surface area contributed by atoms with Crippen LogP contribution in [0, 0.1) is 0 Å². The van der Waals surface area contributed by atoms with Gasteiger partial charge in [-0.05, 0) is 62.6 Å². The second-order valence-electron chi connectivity index (χ2n) is 8.07. The maximum atomic E-state index is 12.2. The van der Waals surface area contributed by atoms with Crippen LogP contribution < -0.4 is 4.74 Å². The number of carbonyl (C=O) groups is 3. The standard InChI is InChI=1S/C18H23NO5.C6H12O/c1-23-15-9-7-14(8-10-15)5-4-12-24-18(22)16-6-2-3-11-19(16)17(21)13-20;7-6-4-2-1-3-5-6/h7-10,13,16H,2-6,11-12H2,1H3;6-7H,1-5H2. The summed E-state index contributed by atoms with van der Waals surface area (Å²) in [7, 11) is 1.62. The summed E-state index contributed by atoms with van der Waals surface area (Å²) < 4.78 is 10.4. The lowest BCUT2D eigenvalue weighted by Crippen LogP contribution is -2.49. The molecular weight excluding hydrogens is 398 g/mol. The van der Waals surface area contributed by atoms with Gasteiger partial charge in [-0.15, -0.1) is 0 Å². The summed E-state index contributed by atoms with van der Waals surface area (Å²) in [6, 6.07) is 7.12. The number of benzene rings is 1. The molecule has 172 valence electrons. The van der Waals surface area contributed by atoms with Crippen molar-refractivity contribution in [1.82, 2.24) is 4.90 Å². The first-order valence-corrected chi connectivity index (χ1v) is 11.3. The average molecular weight is 434 g/mol. The van der Waals surface area contributed by atoms with Crippen molar-refractivity contribution in [3.8, 4) is 5.75 Å². The number of aliphatic hydroxyl groups is 1. The van der Waals surface area contributed by atoms with E-state index in [0.717, 1.165) is 43.4 Å². The third kappa shape index (κ3) is 8.69. The lowest BCUT2D eigenvalue weighted by atomic mass is 9.98. The number of aryl methyl sites for hydroxylation is 1. The minimum Gasteiger partial charge on any atom is -0.497 e. The normalized spacial score (nSPS) is 19.0. The van der Waals surface area contributed by atoms with E-state index < -0.39 is 17.9 Å². The maximum Gasteiger partial charge on any atom is 0.328 e. The highest BCUT2D eigenvalue weighted by Gasteiger charge is 2.32. The predicted molar refractivity (Wildman–Crippen MR) is 117 cm³/mol. The van der Waals surface area contributed by atoms with Gasteiger partial charge in [0.15, 0.2) is 0 Å². The Bertz CT molecular complexity index is 684. The van der Waals surface area contributed by atoms with Crippen LogP contribution >= 0.6 is 0 Å². The summed E-state index contributed by atoms with van der Waals surface area (Å²) >= 11 is 0. The number of aliphatic hydroxyl groups excluding tert-OH is 1. The van der Waals surface area contributed by atoms with Gasteiger partial charge in [0.2, 0.25) is 6.29 Å². The van der Waals surface area contributed by atoms with Crippen LogP contribution in [0.4, 0.5) is 0 Å². The molecule has 1 atom stereocenters. The molecule has 1 heterocycles. The highest BCUT2D eigenvalue weighted by Crippen LogP contribution is 2.19. The zero-order valence-corrected chi connectivity index (χ0v) is 18.5. The number of esters is 1. The quantitative estimate of drug-likeness (QED) is 0.307. The lowest BCUT2D eigenvalue weighted by Gasteiger charge is -2.32. The van der Waals surface area contributed by atoms with Crippen LogP contribution in [-0.2, 0) is 25.5 Å². The molecule has 3 rings (SSSR count). The smallest absolute Gasteiger partial charge is 0.328 e. The number of aldehydes is 1. The maximum absolute atomic E-state index is 12.2. The number of methoxy groups -OCH3 is 1. The Kier molecular flexibility index (Phi) is 11.1. The van der Waals surface area contributed by atoms with Gasteiger partial charge in [0, 0.05) is 6.54 Å². The van der Waals surface area contributed by atoms with E-state index in [-0.39, 0.29) is 12.4 Å². The molecular formula is C24H35NO6.